The summed E-state index contributed by atoms with van der Waals surface area (Å²) in [6.45, 7) is 4.22. The van der Waals surface area contributed by atoms with Gasteiger partial charge in [-0.05, 0) is 38.1 Å². The molecule has 0 radical (unpaired) electrons. The van der Waals surface area contributed by atoms with E-state index in [2.05, 4.69) is 16.7 Å². The number of hydrogen-bond acceptors (Lipinski definition) is 4. The summed E-state index contributed by atoms with van der Waals surface area (Å²) in [5, 5.41) is 15.0. The largest absolute Gasteiger partial charge is 0.492 e. The summed E-state index contributed by atoms with van der Waals surface area (Å²) < 4.78 is 5.54. The van der Waals surface area contributed by atoms with Crippen molar-refractivity contribution >= 4 is 17.3 Å². The Balaban J connectivity index is 2.08. The smallest absolute Gasteiger partial charge is 0.246 e. The van der Waals surface area contributed by atoms with Crippen LogP contribution < -0.4 is 15.4 Å². The van der Waals surface area contributed by atoms with Crippen LogP contribution in [-0.4, -0.2) is 18.6 Å². The maximum atomic E-state index is 12.3. The molecule has 1 atom stereocenters. The monoisotopic (exact) mass is 309 g/mol. The fraction of sp³-hybridized carbons (Fsp3) is 0.222. The number of nitrogens with zero attached hydrogens (tertiary/aromatic N) is 1. The predicted molar refractivity (Wildman–Crippen MR) is 90.5 cm³/mol. The summed E-state index contributed by atoms with van der Waals surface area (Å²) in [5.41, 5.74) is 1.69. The zero-order valence-corrected chi connectivity index (χ0v) is 13.2. The van der Waals surface area contributed by atoms with Crippen molar-refractivity contribution in [2.75, 3.05) is 17.2 Å². The molecule has 0 aromatic heterocycles. The molecule has 0 heterocycles. The van der Waals surface area contributed by atoms with Gasteiger partial charge in [0.1, 0.15) is 17.9 Å². The number of carbonyl (C=O) groups excluding carboxylic acids is 1. The topological polar surface area (TPSA) is 74.2 Å². The van der Waals surface area contributed by atoms with Crippen molar-refractivity contribution in [3.05, 3.63) is 54.1 Å². The highest BCUT2D eigenvalue weighted by molar-refractivity contribution is 5.97. The second-order valence-corrected chi connectivity index (χ2v) is 4.94. The molecule has 0 fully saturated rings. The Morgan fingerprint density at radius 1 is 1.17 bits per heavy atom. The lowest BCUT2D eigenvalue weighted by Gasteiger charge is -2.18. The SMILES string of the molecule is CCOc1ccccc1NC(C)C(=O)Nc1ccccc1C#N. The second-order valence-electron chi connectivity index (χ2n) is 4.94. The lowest BCUT2D eigenvalue weighted by atomic mass is 10.2. The van der Waals surface area contributed by atoms with Gasteiger partial charge in [0.15, 0.2) is 0 Å². The fourth-order valence-electron chi connectivity index (χ4n) is 2.10. The van der Waals surface area contributed by atoms with Gasteiger partial charge in [0, 0.05) is 0 Å². The first-order chi connectivity index (χ1) is 11.2. The number of carbonyl (C=O) groups is 1. The Bertz CT molecular complexity index is 722. The van der Waals surface area contributed by atoms with Gasteiger partial charge in [0.25, 0.3) is 0 Å². The number of nitriles is 1. The average molecular weight is 309 g/mol. The maximum Gasteiger partial charge on any atom is 0.246 e. The number of nitrogens with one attached hydrogen (secondary N) is 2. The predicted octanol–water partition coefficient (Wildman–Crippen LogP) is 3.40. The summed E-state index contributed by atoms with van der Waals surface area (Å²) in [7, 11) is 0. The van der Waals surface area contributed by atoms with Gasteiger partial charge in [0.2, 0.25) is 5.91 Å². The highest BCUT2D eigenvalue weighted by Gasteiger charge is 2.16. The van der Waals surface area contributed by atoms with Crippen LogP contribution in [0.1, 0.15) is 19.4 Å². The molecule has 23 heavy (non-hydrogen) atoms. The van der Waals surface area contributed by atoms with Crippen molar-refractivity contribution in [1.29, 1.82) is 5.26 Å². The van der Waals surface area contributed by atoms with Gasteiger partial charge in [-0.1, -0.05) is 24.3 Å². The molecular weight excluding hydrogens is 290 g/mol. The highest BCUT2D eigenvalue weighted by Crippen LogP contribution is 2.24. The number of ether oxygens (including phenoxy) is 1. The quantitative estimate of drug-likeness (QED) is 0.857. The molecule has 0 bridgehead atoms. The van der Waals surface area contributed by atoms with E-state index in [9.17, 15) is 4.79 Å². The minimum absolute atomic E-state index is 0.223. The fourth-order valence-corrected chi connectivity index (χ4v) is 2.10. The van der Waals surface area contributed by atoms with E-state index in [4.69, 9.17) is 10.00 Å². The third-order valence-corrected chi connectivity index (χ3v) is 3.26. The molecule has 1 amide bonds. The third kappa shape index (κ3) is 4.24. The Morgan fingerprint density at radius 3 is 2.52 bits per heavy atom. The van der Waals surface area contributed by atoms with Crippen LogP contribution in [-0.2, 0) is 4.79 Å². The van der Waals surface area contributed by atoms with Gasteiger partial charge in [-0.15, -0.1) is 0 Å². The van der Waals surface area contributed by atoms with Crippen LogP contribution in [0.15, 0.2) is 48.5 Å². The lowest BCUT2D eigenvalue weighted by molar-refractivity contribution is -0.116. The van der Waals surface area contributed by atoms with Gasteiger partial charge >= 0.3 is 0 Å². The number of amides is 1. The Hall–Kier alpha value is -3.00. The van der Waals surface area contributed by atoms with Crippen LogP contribution in [0.2, 0.25) is 0 Å². The first-order valence-corrected chi connectivity index (χ1v) is 7.44. The number of anilines is 2. The molecule has 0 aliphatic rings. The molecule has 0 saturated heterocycles. The van der Waals surface area contributed by atoms with E-state index < -0.39 is 6.04 Å². The normalized spacial score (nSPS) is 11.2. The molecule has 0 saturated carbocycles. The summed E-state index contributed by atoms with van der Waals surface area (Å²) in [6, 6.07) is 15.9. The van der Waals surface area contributed by atoms with Crippen molar-refractivity contribution in [3.63, 3.8) is 0 Å². The number of hydrogen-bond donors (Lipinski definition) is 2. The molecule has 0 aliphatic carbocycles. The van der Waals surface area contributed by atoms with E-state index in [1.54, 1.807) is 31.2 Å². The maximum absolute atomic E-state index is 12.3. The van der Waals surface area contributed by atoms with Crippen LogP contribution in [0.4, 0.5) is 11.4 Å². The zero-order chi connectivity index (χ0) is 16.7. The average Bonchev–Trinajstić information content (AvgIpc) is 2.57. The van der Waals surface area contributed by atoms with E-state index in [1.165, 1.54) is 0 Å². The summed E-state index contributed by atoms with van der Waals surface area (Å²) in [4.78, 5) is 12.3. The summed E-state index contributed by atoms with van der Waals surface area (Å²) in [5.74, 6) is 0.478. The molecule has 0 aliphatic heterocycles. The minimum atomic E-state index is -0.483. The number of para-hydroxylation sites is 3. The molecule has 5 heteroatoms. The van der Waals surface area contributed by atoms with E-state index >= 15 is 0 Å². The molecule has 1 unspecified atom stereocenters. The van der Waals surface area contributed by atoms with Crippen molar-refractivity contribution < 1.29 is 9.53 Å². The molecule has 2 rings (SSSR count). The highest BCUT2D eigenvalue weighted by atomic mass is 16.5. The van der Waals surface area contributed by atoms with Crippen molar-refractivity contribution in [2.45, 2.75) is 19.9 Å². The Kier molecular flexibility index (Phi) is 5.59. The molecule has 0 spiro atoms. The lowest BCUT2D eigenvalue weighted by Crippen LogP contribution is -2.32. The zero-order valence-electron chi connectivity index (χ0n) is 13.2. The first kappa shape index (κ1) is 16.4. The van der Waals surface area contributed by atoms with Crippen LogP contribution in [0.3, 0.4) is 0 Å². The van der Waals surface area contributed by atoms with Crippen molar-refractivity contribution in [2.24, 2.45) is 0 Å². The second kappa shape index (κ2) is 7.85. The van der Waals surface area contributed by atoms with Gasteiger partial charge in [-0.2, -0.15) is 5.26 Å². The molecule has 118 valence electrons. The van der Waals surface area contributed by atoms with Crippen molar-refractivity contribution in [1.82, 2.24) is 0 Å². The third-order valence-electron chi connectivity index (χ3n) is 3.26. The molecule has 2 N–H and O–H groups in total. The van der Waals surface area contributed by atoms with E-state index in [1.807, 2.05) is 31.2 Å². The van der Waals surface area contributed by atoms with Crippen LogP contribution in [0, 0.1) is 11.3 Å². The number of benzene rings is 2. The first-order valence-electron chi connectivity index (χ1n) is 7.44. The Morgan fingerprint density at radius 2 is 1.83 bits per heavy atom. The van der Waals surface area contributed by atoms with E-state index in [0.717, 1.165) is 5.69 Å². The minimum Gasteiger partial charge on any atom is -0.492 e. The van der Waals surface area contributed by atoms with Crippen molar-refractivity contribution in [3.8, 4) is 11.8 Å². The Labute approximate surface area is 135 Å². The summed E-state index contributed by atoms with van der Waals surface area (Å²) in [6.07, 6.45) is 0. The van der Waals surface area contributed by atoms with Crippen LogP contribution in [0.25, 0.3) is 0 Å². The molecule has 5 nitrogen and oxygen atoms in total. The molecule has 2 aromatic rings. The van der Waals surface area contributed by atoms with Crippen LogP contribution >= 0.6 is 0 Å². The molecule has 2 aromatic carbocycles. The van der Waals surface area contributed by atoms with Gasteiger partial charge in [0.05, 0.1) is 23.5 Å². The number of rotatable bonds is 6. The van der Waals surface area contributed by atoms with Gasteiger partial charge in [-0.25, -0.2) is 0 Å². The van der Waals surface area contributed by atoms with Gasteiger partial charge < -0.3 is 15.4 Å². The van der Waals surface area contributed by atoms with E-state index in [0.29, 0.717) is 23.6 Å². The summed E-state index contributed by atoms with van der Waals surface area (Å²) >= 11 is 0. The standard InChI is InChI=1S/C18H19N3O2/c1-3-23-17-11-7-6-10-16(17)20-13(2)18(22)21-15-9-5-4-8-14(15)12-19/h4-11,13,20H,3H2,1-2H3,(H,21,22). The van der Waals surface area contributed by atoms with E-state index in [-0.39, 0.29) is 5.91 Å². The van der Waals surface area contributed by atoms with Crippen LogP contribution in [0.5, 0.6) is 5.75 Å². The molecular formula is C18H19N3O2. The van der Waals surface area contributed by atoms with Gasteiger partial charge in [-0.3, -0.25) is 4.79 Å².